The van der Waals surface area contributed by atoms with Gasteiger partial charge in [0.15, 0.2) is 0 Å². The molecule has 1 aromatic carbocycles. The molecule has 0 saturated heterocycles. The molecule has 0 saturated carbocycles. The molecule has 0 aliphatic heterocycles. The molecule has 0 atom stereocenters. The Bertz CT molecular complexity index is 663. The van der Waals surface area contributed by atoms with Gasteiger partial charge < -0.3 is 0 Å². The first kappa shape index (κ1) is 12.0. The summed E-state index contributed by atoms with van der Waals surface area (Å²) in [5.41, 5.74) is 1.57. The summed E-state index contributed by atoms with van der Waals surface area (Å²) in [5.74, 6) is 0.224. The minimum Gasteiger partial charge on any atom is -0.256 e. The Morgan fingerprint density at radius 3 is 2.59 bits per heavy atom. The Morgan fingerprint density at radius 2 is 2.00 bits per heavy atom. The number of rotatable bonds is 2. The summed E-state index contributed by atoms with van der Waals surface area (Å²) in [6, 6.07) is 6.94. The average Bonchev–Trinajstić information content (AvgIpc) is 2.26. The number of fused-ring (bicyclic) bond motifs is 1. The van der Waals surface area contributed by atoms with E-state index in [2.05, 4.69) is 4.98 Å². The number of nitrogens with two attached hydrogens (primary N) is 1. The molecule has 0 spiro atoms. The van der Waals surface area contributed by atoms with Gasteiger partial charge in [0.25, 0.3) is 0 Å². The predicted molar refractivity (Wildman–Crippen MR) is 67.2 cm³/mol. The van der Waals surface area contributed by atoms with Gasteiger partial charge in [-0.3, -0.25) is 4.98 Å². The molecular formula is C12H14N2O2S. The van der Waals surface area contributed by atoms with Crippen LogP contribution in [0.2, 0.25) is 0 Å². The van der Waals surface area contributed by atoms with Gasteiger partial charge in [0.1, 0.15) is 0 Å². The van der Waals surface area contributed by atoms with Gasteiger partial charge in [-0.05, 0) is 35.7 Å². The number of aromatic nitrogens is 1. The van der Waals surface area contributed by atoms with Crippen LogP contribution in [-0.2, 0) is 10.0 Å². The average molecular weight is 250 g/mol. The van der Waals surface area contributed by atoms with E-state index in [1.165, 1.54) is 0 Å². The second-order valence-electron chi connectivity index (χ2n) is 4.29. The minimum atomic E-state index is -3.73. The van der Waals surface area contributed by atoms with Crippen molar-refractivity contribution in [2.24, 2.45) is 5.14 Å². The normalized spacial score (nSPS) is 12.2. The number of hydrogen-bond donors (Lipinski definition) is 1. The molecular weight excluding hydrogens is 236 g/mol. The standard InChI is InChI=1S/C12H14N2O2S/c1-8(2)9-6-11-10(4-3-5-14-11)12(7-9)17(13,15)16/h3-8H,1-2H3,(H2,13,15,16). The number of hydrogen-bond acceptors (Lipinski definition) is 3. The first-order chi connectivity index (χ1) is 7.89. The Balaban J connectivity index is 2.88. The van der Waals surface area contributed by atoms with Crippen molar-refractivity contribution in [2.45, 2.75) is 24.7 Å². The lowest BCUT2D eigenvalue weighted by Crippen LogP contribution is -2.13. The minimum absolute atomic E-state index is 0.145. The summed E-state index contributed by atoms with van der Waals surface area (Å²) in [4.78, 5) is 4.32. The molecule has 0 amide bonds. The van der Waals surface area contributed by atoms with Crippen molar-refractivity contribution in [3.8, 4) is 0 Å². The Labute approximate surface area is 101 Å². The van der Waals surface area contributed by atoms with Gasteiger partial charge in [0.05, 0.1) is 10.4 Å². The Kier molecular flexibility index (Phi) is 2.89. The van der Waals surface area contributed by atoms with E-state index < -0.39 is 10.0 Å². The topological polar surface area (TPSA) is 73.1 Å². The van der Waals surface area contributed by atoms with E-state index in [-0.39, 0.29) is 10.8 Å². The van der Waals surface area contributed by atoms with E-state index >= 15 is 0 Å². The van der Waals surface area contributed by atoms with Crippen molar-refractivity contribution < 1.29 is 8.42 Å². The largest absolute Gasteiger partial charge is 0.256 e. The lowest BCUT2D eigenvalue weighted by Gasteiger charge is -2.10. The third kappa shape index (κ3) is 2.30. The molecule has 1 aromatic heterocycles. The second kappa shape index (κ2) is 4.09. The third-order valence-corrected chi connectivity index (χ3v) is 3.63. The number of primary sulfonamides is 1. The van der Waals surface area contributed by atoms with Crippen molar-refractivity contribution in [2.75, 3.05) is 0 Å². The van der Waals surface area contributed by atoms with Crippen molar-refractivity contribution in [1.82, 2.24) is 4.98 Å². The maximum absolute atomic E-state index is 11.6. The molecule has 0 bridgehead atoms. The van der Waals surface area contributed by atoms with Crippen LogP contribution >= 0.6 is 0 Å². The van der Waals surface area contributed by atoms with Gasteiger partial charge in [-0.25, -0.2) is 13.6 Å². The maximum atomic E-state index is 11.6. The lowest BCUT2D eigenvalue weighted by atomic mass is 10.0. The molecule has 2 aromatic rings. The Morgan fingerprint density at radius 1 is 1.29 bits per heavy atom. The van der Waals surface area contributed by atoms with E-state index in [9.17, 15) is 8.42 Å². The van der Waals surface area contributed by atoms with Gasteiger partial charge in [0.2, 0.25) is 10.0 Å². The lowest BCUT2D eigenvalue weighted by molar-refractivity contribution is 0.598. The second-order valence-corrected chi connectivity index (χ2v) is 5.82. The van der Waals surface area contributed by atoms with E-state index in [4.69, 9.17) is 5.14 Å². The van der Waals surface area contributed by atoms with Gasteiger partial charge in [-0.1, -0.05) is 13.8 Å². The zero-order chi connectivity index (χ0) is 12.6. The molecule has 4 nitrogen and oxygen atoms in total. The molecule has 2 N–H and O–H groups in total. The summed E-state index contributed by atoms with van der Waals surface area (Å²) < 4.78 is 23.1. The first-order valence-electron chi connectivity index (χ1n) is 5.31. The van der Waals surface area contributed by atoms with Crippen molar-refractivity contribution in [1.29, 1.82) is 0 Å². The van der Waals surface area contributed by atoms with Crippen molar-refractivity contribution >= 4 is 20.9 Å². The molecule has 0 radical (unpaired) electrons. The number of sulfonamides is 1. The van der Waals surface area contributed by atoms with Gasteiger partial charge in [-0.2, -0.15) is 0 Å². The summed E-state index contributed by atoms with van der Waals surface area (Å²) >= 11 is 0. The molecule has 1 heterocycles. The molecule has 0 unspecified atom stereocenters. The summed E-state index contributed by atoms with van der Waals surface area (Å²) in [6.07, 6.45) is 1.64. The van der Waals surface area contributed by atoms with Crippen molar-refractivity contribution in [3.63, 3.8) is 0 Å². The van der Waals surface area contributed by atoms with Gasteiger partial charge in [0, 0.05) is 11.6 Å². The zero-order valence-corrected chi connectivity index (χ0v) is 10.5. The zero-order valence-electron chi connectivity index (χ0n) is 9.71. The van der Waals surface area contributed by atoms with Crippen molar-refractivity contribution in [3.05, 3.63) is 36.0 Å². The SMILES string of the molecule is CC(C)c1cc(S(N)(=O)=O)c2cccnc2c1. The summed E-state index contributed by atoms with van der Waals surface area (Å²) in [5, 5.41) is 5.81. The van der Waals surface area contributed by atoms with E-state index in [0.29, 0.717) is 10.9 Å². The molecule has 0 aliphatic carbocycles. The molecule has 0 fully saturated rings. The molecule has 17 heavy (non-hydrogen) atoms. The highest BCUT2D eigenvalue weighted by Gasteiger charge is 2.15. The summed E-state index contributed by atoms with van der Waals surface area (Å²) in [6.45, 7) is 3.99. The molecule has 5 heteroatoms. The highest BCUT2D eigenvalue weighted by molar-refractivity contribution is 7.89. The molecule has 2 rings (SSSR count). The van der Waals surface area contributed by atoms with E-state index in [0.717, 1.165) is 5.56 Å². The van der Waals surface area contributed by atoms with Crippen LogP contribution in [0.1, 0.15) is 25.3 Å². The fourth-order valence-electron chi connectivity index (χ4n) is 1.74. The fourth-order valence-corrected chi connectivity index (χ4v) is 2.52. The molecule has 0 aliphatic rings. The van der Waals surface area contributed by atoms with E-state index in [1.54, 1.807) is 24.4 Å². The van der Waals surface area contributed by atoms with Crippen LogP contribution in [-0.4, -0.2) is 13.4 Å². The van der Waals surface area contributed by atoms with Gasteiger partial charge in [-0.15, -0.1) is 0 Å². The maximum Gasteiger partial charge on any atom is 0.238 e. The molecule has 90 valence electrons. The predicted octanol–water partition coefficient (Wildman–Crippen LogP) is 2.01. The highest BCUT2D eigenvalue weighted by Crippen LogP contribution is 2.26. The summed E-state index contributed by atoms with van der Waals surface area (Å²) in [7, 11) is -3.73. The first-order valence-corrected chi connectivity index (χ1v) is 6.85. The smallest absolute Gasteiger partial charge is 0.238 e. The van der Waals surface area contributed by atoms with Crippen LogP contribution in [0.3, 0.4) is 0 Å². The highest BCUT2D eigenvalue weighted by atomic mass is 32.2. The number of benzene rings is 1. The van der Waals surface area contributed by atoms with Crippen LogP contribution in [0.15, 0.2) is 35.4 Å². The van der Waals surface area contributed by atoms with Crippen LogP contribution in [0.25, 0.3) is 10.9 Å². The third-order valence-electron chi connectivity index (χ3n) is 2.68. The van der Waals surface area contributed by atoms with Crippen LogP contribution in [0, 0.1) is 0 Å². The number of pyridine rings is 1. The fraction of sp³-hybridized carbons (Fsp3) is 0.250. The van der Waals surface area contributed by atoms with Gasteiger partial charge >= 0.3 is 0 Å². The van der Waals surface area contributed by atoms with Crippen LogP contribution in [0.4, 0.5) is 0 Å². The Hall–Kier alpha value is -1.46. The van der Waals surface area contributed by atoms with Crippen LogP contribution < -0.4 is 5.14 Å². The quantitative estimate of drug-likeness (QED) is 0.886. The monoisotopic (exact) mass is 250 g/mol. The van der Waals surface area contributed by atoms with Crippen LogP contribution in [0.5, 0.6) is 0 Å². The van der Waals surface area contributed by atoms with E-state index in [1.807, 2.05) is 19.9 Å². The number of nitrogens with zero attached hydrogens (tertiary/aromatic N) is 1.